The highest BCUT2D eigenvalue weighted by molar-refractivity contribution is 6.05. The Morgan fingerprint density at radius 3 is 1.55 bits per heavy atom. The van der Waals surface area contributed by atoms with Crippen LogP contribution in [0.5, 0.6) is 0 Å². The molecule has 0 saturated carbocycles. The molecule has 270 valence electrons. The molecule has 0 saturated heterocycles. The van der Waals surface area contributed by atoms with E-state index in [4.69, 9.17) is 19.9 Å². The number of pyridine rings is 2. The summed E-state index contributed by atoms with van der Waals surface area (Å²) in [6.45, 7) is 0. The van der Waals surface area contributed by atoms with E-state index < -0.39 is 0 Å². The average molecular weight is 740 g/mol. The van der Waals surface area contributed by atoms with E-state index in [9.17, 15) is 0 Å². The maximum absolute atomic E-state index is 5.20. The molecule has 3 heterocycles. The Balaban J connectivity index is 1.03. The summed E-state index contributed by atoms with van der Waals surface area (Å²) in [7, 11) is 0. The Bertz CT molecular complexity index is 3330. The first-order valence-corrected chi connectivity index (χ1v) is 19.4. The summed E-state index contributed by atoms with van der Waals surface area (Å²) < 4.78 is 0. The van der Waals surface area contributed by atoms with E-state index in [0.717, 1.165) is 82.4 Å². The van der Waals surface area contributed by atoms with Gasteiger partial charge in [-0.05, 0) is 74.1 Å². The lowest BCUT2D eigenvalue weighted by molar-refractivity contribution is 1.08. The summed E-state index contributed by atoms with van der Waals surface area (Å²) in [6.07, 6.45) is 1.83. The monoisotopic (exact) mass is 739 g/mol. The molecule has 58 heavy (non-hydrogen) atoms. The van der Waals surface area contributed by atoms with E-state index in [2.05, 4.69) is 181 Å². The van der Waals surface area contributed by atoms with Gasteiger partial charge in [-0.2, -0.15) is 0 Å². The van der Waals surface area contributed by atoms with E-state index in [1.54, 1.807) is 0 Å². The number of hydrogen-bond donors (Lipinski definition) is 0. The van der Waals surface area contributed by atoms with Gasteiger partial charge in [0, 0.05) is 39.2 Å². The van der Waals surface area contributed by atoms with E-state index in [1.165, 1.54) is 11.1 Å². The van der Waals surface area contributed by atoms with Crippen LogP contribution in [0.4, 0.5) is 0 Å². The third-order valence-corrected chi connectivity index (χ3v) is 11.0. The summed E-state index contributed by atoms with van der Waals surface area (Å²) in [5, 5.41) is 6.58. The summed E-state index contributed by atoms with van der Waals surface area (Å²) in [6, 6.07) is 67.6. The molecule has 0 fully saturated rings. The van der Waals surface area contributed by atoms with Gasteiger partial charge >= 0.3 is 0 Å². The van der Waals surface area contributed by atoms with Gasteiger partial charge in [-0.25, -0.2) is 19.9 Å². The Labute approximate surface area is 335 Å². The molecule has 3 aromatic heterocycles. The molecular weight excluding hydrogens is 707 g/mol. The van der Waals surface area contributed by atoms with Crippen LogP contribution in [0.3, 0.4) is 0 Å². The number of benzene rings is 8. The molecule has 0 atom stereocenters. The van der Waals surface area contributed by atoms with Crippen LogP contribution in [0.2, 0.25) is 0 Å². The van der Waals surface area contributed by atoms with Gasteiger partial charge in [0.05, 0.1) is 16.7 Å². The quantitative estimate of drug-likeness (QED) is 0.159. The molecule has 0 aliphatic rings. The zero-order valence-electron chi connectivity index (χ0n) is 31.3. The fourth-order valence-electron chi connectivity index (χ4n) is 7.99. The second-order valence-corrected chi connectivity index (χ2v) is 14.5. The zero-order chi connectivity index (χ0) is 38.4. The molecule has 5 heteroatoms. The molecule has 11 rings (SSSR count). The summed E-state index contributed by atoms with van der Waals surface area (Å²) in [5.74, 6) is 1.86. The summed E-state index contributed by atoms with van der Waals surface area (Å²) >= 11 is 0. The van der Waals surface area contributed by atoms with E-state index in [0.29, 0.717) is 17.5 Å². The van der Waals surface area contributed by atoms with Gasteiger partial charge in [0.25, 0.3) is 0 Å². The fraction of sp³-hybridized carbons (Fsp3) is 0. The zero-order valence-corrected chi connectivity index (χ0v) is 31.3. The topological polar surface area (TPSA) is 64.5 Å². The van der Waals surface area contributed by atoms with Gasteiger partial charge < -0.3 is 0 Å². The first-order valence-electron chi connectivity index (χ1n) is 19.4. The highest BCUT2D eigenvalue weighted by Gasteiger charge is 2.17. The molecule has 0 N–H and O–H groups in total. The maximum atomic E-state index is 5.20. The average Bonchev–Trinajstić information content (AvgIpc) is 3.31. The van der Waals surface area contributed by atoms with Gasteiger partial charge in [0.2, 0.25) is 0 Å². The van der Waals surface area contributed by atoms with Crippen molar-refractivity contribution >= 4 is 43.4 Å². The number of nitrogens with zero attached hydrogens (tertiary/aromatic N) is 5. The van der Waals surface area contributed by atoms with Gasteiger partial charge in [-0.1, -0.05) is 164 Å². The normalized spacial score (nSPS) is 11.4. The lowest BCUT2D eigenvalue weighted by Gasteiger charge is -2.13. The van der Waals surface area contributed by atoms with Crippen molar-refractivity contribution in [2.45, 2.75) is 0 Å². The van der Waals surface area contributed by atoms with E-state index >= 15 is 0 Å². The molecule has 0 amide bonds. The Morgan fingerprint density at radius 1 is 0.276 bits per heavy atom. The smallest absolute Gasteiger partial charge is 0.164 e. The van der Waals surface area contributed by atoms with Crippen molar-refractivity contribution < 1.29 is 0 Å². The highest BCUT2D eigenvalue weighted by atomic mass is 15.0. The molecule has 0 unspecified atom stereocenters. The minimum atomic E-state index is 0.616. The molecular formula is C53H33N5. The largest absolute Gasteiger partial charge is 0.254 e. The highest BCUT2D eigenvalue weighted by Crippen LogP contribution is 2.37. The van der Waals surface area contributed by atoms with Gasteiger partial charge in [0.1, 0.15) is 0 Å². The van der Waals surface area contributed by atoms with Gasteiger partial charge in [0.15, 0.2) is 17.5 Å². The van der Waals surface area contributed by atoms with Crippen molar-refractivity contribution in [3.63, 3.8) is 0 Å². The standard InChI is InChI=1S/C53H33N5/c1-3-10-34(11-4-1)35-17-21-39(22-18-35)51-56-52(58-53(57-51)47-29-28-44(36-12-5-2-6-13-36)45-15-7-8-16-46(45)47)43-26-24-40-32-42(25-23-41(40)33-43)48-30-27-38-20-19-37-14-9-31-54-49(37)50(38)55-48/h1-33H. The van der Waals surface area contributed by atoms with E-state index in [1.807, 2.05) is 24.4 Å². The maximum Gasteiger partial charge on any atom is 0.164 e. The number of hydrogen-bond acceptors (Lipinski definition) is 5. The minimum Gasteiger partial charge on any atom is -0.254 e. The molecule has 11 aromatic rings. The molecule has 0 bridgehead atoms. The van der Waals surface area contributed by atoms with E-state index in [-0.39, 0.29) is 0 Å². The second-order valence-electron chi connectivity index (χ2n) is 14.5. The molecule has 5 nitrogen and oxygen atoms in total. The Kier molecular flexibility index (Phi) is 8.07. The number of rotatable bonds is 6. The van der Waals surface area contributed by atoms with Crippen LogP contribution in [-0.4, -0.2) is 24.9 Å². The predicted molar refractivity (Wildman–Crippen MR) is 238 cm³/mol. The third-order valence-electron chi connectivity index (χ3n) is 11.0. The van der Waals surface area contributed by atoms with Crippen molar-refractivity contribution in [3.05, 3.63) is 200 Å². The van der Waals surface area contributed by atoms with Crippen LogP contribution in [0.15, 0.2) is 200 Å². The first-order chi connectivity index (χ1) is 28.7. The summed E-state index contributed by atoms with van der Waals surface area (Å²) in [4.78, 5) is 25.3. The van der Waals surface area contributed by atoms with Gasteiger partial charge in [-0.15, -0.1) is 0 Å². The molecule has 0 spiro atoms. The minimum absolute atomic E-state index is 0.616. The van der Waals surface area contributed by atoms with Crippen molar-refractivity contribution in [1.82, 2.24) is 24.9 Å². The van der Waals surface area contributed by atoms with Crippen molar-refractivity contribution in [2.24, 2.45) is 0 Å². The molecule has 0 aliphatic carbocycles. The van der Waals surface area contributed by atoms with Crippen LogP contribution in [0.1, 0.15) is 0 Å². The van der Waals surface area contributed by atoms with Crippen LogP contribution >= 0.6 is 0 Å². The Hall–Kier alpha value is -7.89. The van der Waals surface area contributed by atoms with Crippen LogP contribution in [-0.2, 0) is 0 Å². The van der Waals surface area contributed by atoms with Crippen LogP contribution in [0.25, 0.3) is 111 Å². The van der Waals surface area contributed by atoms with Crippen LogP contribution < -0.4 is 0 Å². The molecule has 0 radical (unpaired) electrons. The summed E-state index contributed by atoms with van der Waals surface area (Å²) in [5.41, 5.74) is 11.2. The van der Waals surface area contributed by atoms with Crippen molar-refractivity contribution in [1.29, 1.82) is 0 Å². The molecule has 8 aromatic carbocycles. The first kappa shape index (κ1) is 33.4. The predicted octanol–water partition coefficient (Wildman–Crippen LogP) is 13.3. The van der Waals surface area contributed by atoms with Gasteiger partial charge in [-0.3, -0.25) is 4.98 Å². The van der Waals surface area contributed by atoms with Crippen molar-refractivity contribution in [3.8, 4) is 67.7 Å². The number of fused-ring (bicyclic) bond motifs is 5. The van der Waals surface area contributed by atoms with Crippen molar-refractivity contribution in [2.75, 3.05) is 0 Å². The second kappa shape index (κ2) is 14.0. The lowest BCUT2D eigenvalue weighted by atomic mass is 9.94. The van der Waals surface area contributed by atoms with Crippen LogP contribution in [0, 0.1) is 0 Å². The lowest BCUT2D eigenvalue weighted by Crippen LogP contribution is -2.01. The molecule has 0 aliphatic heterocycles. The fourth-order valence-corrected chi connectivity index (χ4v) is 7.99. The number of aromatic nitrogens is 5. The SMILES string of the molecule is c1ccc(-c2ccc(-c3nc(-c4ccc5cc(-c6ccc7ccc8cccnc8c7n6)ccc5c4)nc(-c4ccc(-c5ccccc5)c5ccccc45)n3)cc2)cc1. The Morgan fingerprint density at radius 2 is 0.793 bits per heavy atom. The third kappa shape index (κ3) is 6.03.